The van der Waals surface area contributed by atoms with Gasteiger partial charge in [-0.15, -0.1) is 0 Å². The SMILES string of the molecule is Cc1cc(C(C)(C)C)ccc1OCC(=O)Nc1ccc(NC(=O)COc2ccc(C(C)(C)C)cc2C)c(Cl)c1. The fraction of sp³-hybridized carbons (Fsp3) is 0.375. The molecule has 0 fully saturated rings. The summed E-state index contributed by atoms with van der Waals surface area (Å²) < 4.78 is 11.4. The number of hydrogen-bond acceptors (Lipinski definition) is 4. The maximum Gasteiger partial charge on any atom is 0.262 e. The lowest BCUT2D eigenvalue weighted by atomic mass is 9.86. The summed E-state index contributed by atoms with van der Waals surface area (Å²) in [5.74, 6) is 0.666. The first-order chi connectivity index (χ1) is 18.1. The van der Waals surface area contributed by atoms with Crippen molar-refractivity contribution in [2.75, 3.05) is 23.8 Å². The molecule has 0 aliphatic rings. The van der Waals surface area contributed by atoms with Crippen LogP contribution in [0.2, 0.25) is 5.02 Å². The second kappa shape index (κ2) is 12.1. The Balaban J connectivity index is 1.52. The van der Waals surface area contributed by atoms with Gasteiger partial charge in [0.2, 0.25) is 0 Å². The number of amides is 2. The number of benzene rings is 3. The Morgan fingerprint density at radius 3 is 1.56 bits per heavy atom. The largest absolute Gasteiger partial charge is 0.483 e. The van der Waals surface area contributed by atoms with Crippen molar-refractivity contribution < 1.29 is 19.1 Å². The number of carbonyl (C=O) groups excluding carboxylic acids is 2. The minimum absolute atomic E-state index is 0.0352. The van der Waals surface area contributed by atoms with E-state index in [9.17, 15) is 9.59 Å². The fourth-order valence-electron chi connectivity index (χ4n) is 3.92. The lowest BCUT2D eigenvalue weighted by molar-refractivity contribution is -0.118. The van der Waals surface area contributed by atoms with E-state index >= 15 is 0 Å². The lowest BCUT2D eigenvalue weighted by Crippen LogP contribution is -2.21. The van der Waals surface area contributed by atoms with Gasteiger partial charge in [0.05, 0.1) is 10.7 Å². The molecule has 0 aromatic heterocycles. The molecular formula is C32H39ClN2O4. The van der Waals surface area contributed by atoms with Gasteiger partial charge in [-0.05, 0) is 77.3 Å². The van der Waals surface area contributed by atoms with Gasteiger partial charge in [-0.3, -0.25) is 9.59 Å². The summed E-state index contributed by atoms with van der Waals surface area (Å²) >= 11 is 6.37. The molecule has 0 heterocycles. The number of aryl methyl sites for hydroxylation is 2. The highest BCUT2D eigenvalue weighted by atomic mass is 35.5. The zero-order valence-corrected chi connectivity index (χ0v) is 24.9. The molecule has 0 spiro atoms. The molecule has 0 atom stereocenters. The van der Waals surface area contributed by atoms with Crippen molar-refractivity contribution in [2.24, 2.45) is 0 Å². The first kappa shape index (κ1) is 30.0. The molecule has 3 aromatic rings. The summed E-state index contributed by atoms with van der Waals surface area (Å²) in [5.41, 5.74) is 5.34. The van der Waals surface area contributed by atoms with Crippen LogP contribution in [-0.2, 0) is 20.4 Å². The summed E-state index contributed by atoms with van der Waals surface area (Å²) in [6, 6.07) is 16.8. The Morgan fingerprint density at radius 1 is 0.692 bits per heavy atom. The minimum atomic E-state index is -0.339. The predicted octanol–water partition coefficient (Wildman–Crippen LogP) is 7.59. The monoisotopic (exact) mass is 550 g/mol. The first-order valence-corrected chi connectivity index (χ1v) is 13.4. The van der Waals surface area contributed by atoms with Crippen molar-refractivity contribution in [3.8, 4) is 11.5 Å². The molecule has 0 saturated carbocycles. The molecule has 2 amide bonds. The van der Waals surface area contributed by atoms with Gasteiger partial charge in [0.25, 0.3) is 11.8 Å². The van der Waals surface area contributed by atoms with Crippen LogP contribution < -0.4 is 20.1 Å². The number of anilines is 2. The van der Waals surface area contributed by atoms with E-state index in [1.807, 2.05) is 38.1 Å². The van der Waals surface area contributed by atoms with Gasteiger partial charge in [-0.2, -0.15) is 0 Å². The van der Waals surface area contributed by atoms with Gasteiger partial charge in [0.1, 0.15) is 11.5 Å². The standard InChI is InChI=1S/C32H39ClN2O4/c1-20-15-22(31(3,4)5)9-13-27(20)38-18-29(36)34-24-11-12-26(25(33)17-24)35-30(37)19-39-28-14-10-23(16-21(28)2)32(6,7)8/h9-17H,18-19H2,1-8H3,(H,34,36)(H,35,37). The van der Waals surface area contributed by atoms with Crippen molar-refractivity contribution in [1.82, 2.24) is 0 Å². The molecule has 0 bridgehead atoms. The zero-order chi connectivity index (χ0) is 29.0. The average molecular weight is 551 g/mol. The van der Waals surface area contributed by atoms with Crippen LogP contribution in [0.3, 0.4) is 0 Å². The van der Waals surface area contributed by atoms with E-state index in [0.29, 0.717) is 27.9 Å². The third-order valence-electron chi connectivity index (χ3n) is 6.33. The molecule has 0 aliphatic carbocycles. The van der Waals surface area contributed by atoms with Crippen molar-refractivity contribution in [2.45, 2.75) is 66.2 Å². The molecule has 0 saturated heterocycles. The molecule has 7 heteroatoms. The Bertz CT molecular complexity index is 1350. The minimum Gasteiger partial charge on any atom is -0.483 e. The summed E-state index contributed by atoms with van der Waals surface area (Å²) in [6.45, 7) is 16.5. The maximum absolute atomic E-state index is 12.5. The van der Waals surface area contributed by atoms with E-state index < -0.39 is 0 Å². The third kappa shape index (κ3) is 8.49. The average Bonchev–Trinajstić information content (AvgIpc) is 2.83. The van der Waals surface area contributed by atoms with Gasteiger partial charge in [-0.1, -0.05) is 77.4 Å². The second-order valence-electron chi connectivity index (χ2n) is 11.8. The summed E-state index contributed by atoms with van der Waals surface area (Å²) in [7, 11) is 0. The Hall–Kier alpha value is -3.51. The van der Waals surface area contributed by atoms with E-state index in [4.69, 9.17) is 21.1 Å². The number of rotatable bonds is 8. The molecule has 0 aliphatic heterocycles. The fourth-order valence-corrected chi connectivity index (χ4v) is 4.15. The van der Waals surface area contributed by atoms with Crippen LogP contribution in [0.5, 0.6) is 11.5 Å². The normalized spacial score (nSPS) is 11.6. The van der Waals surface area contributed by atoms with E-state index in [2.05, 4.69) is 64.3 Å². The molecular weight excluding hydrogens is 512 g/mol. The molecule has 6 nitrogen and oxygen atoms in total. The van der Waals surface area contributed by atoms with Crippen molar-refractivity contribution in [3.63, 3.8) is 0 Å². The smallest absolute Gasteiger partial charge is 0.262 e. The van der Waals surface area contributed by atoms with Crippen molar-refractivity contribution >= 4 is 34.8 Å². The molecule has 2 N–H and O–H groups in total. The van der Waals surface area contributed by atoms with E-state index in [-0.39, 0.29) is 35.9 Å². The van der Waals surface area contributed by atoms with Gasteiger partial charge >= 0.3 is 0 Å². The molecule has 3 aromatic carbocycles. The maximum atomic E-state index is 12.5. The zero-order valence-electron chi connectivity index (χ0n) is 24.1. The van der Waals surface area contributed by atoms with Crippen LogP contribution >= 0.6 is 11.6 Å². The molecule has 3 rings (SSSR count). The molecule has 208 valence electrons. The highest BCUT2D eigenvalue weighted by Gasteiger charge is 2.17. The second-order valence-corrected chi connectivity index (χ2v) is 12.2. The Morgan fingerprint density at radius 2 is 1.15 bits per heavy atom. The van der Waals surface area contributed by atoms with Gasteiger partial charge < -0.3 is 20.1 Å². The van der Waals surface area contributed by atoms with Crippen LogP contribution in [0.1, 0.15) is 63.8 Å². The van der Waals surface area contributed by atoms with E-state index in [1.165, 1.54) is 11.1 Å². The molecule has 39 heavy (non-hydrogen) atoms. The van der Waals surface area contributed by atoms with E-state index in [0.717, 1.165) is 11.1 Å². The number of ether oxygens (including phenoxy) is 2. The third-order valence-corrected chi connectivity index (χ3v) is 6.64. The van der Waals surface area contributed by atoms with Crippen LogP contribution in [0.25, 0.3) is 0 Å². The van der Waals surface area contributed by atoms with Gasteiger partial charge in [0.15, 0.2) is 13.2 Å². The van der Waals surface area contributed by atoms with Crippen LogP contribution in [-0.4, -0.2) is 25.0 Å². The number of hydrogen-bond donors (Lipinski definition) is 2. The highest BCUT2D eigenvalue weighted by Crippen LogP contribution is 2.29. The summed E-state index contributed by atoms with van der Waals surface area (Å²) in [6.07, 6.45) is 0. The molecule has 0 radical (unpaired) electrons. The number of halogens is 1. The summed E-state index contributed by atoms with van der Waals surface area (Å²) in [5, 5.41) is 5.81. The highest BCUT2D eigenvalue weighted by molar-refractivity contribution is 6.34. The van der Waals surface area contributed by atoms with Crippen LogP contribution in [0.4, 0.5) is 11.4 Å². The van der Waals surface area contributed by atoms with Crippen molar-refractivity contribution in [3.05, 3.63) is 81.9 Å². The van der Waals surface area contributed by atoms with Crippen LogP contribution in [0, 0.1) is 13.8 Å². The number of nitrogens with one attached hydrogen (secondary N) is 2. The first-order valence-electron chi connectivity index (χ1n) is 13.0. The predicted molar refractivity (Wildman–Crippen MR) is 159 cm³/mol. The lowest BCUT2D eigenvalue weighted by Gasteiger charge is -2.20. The van der Waals surface area contributed by atoms with Gasteiger partial charge in [-0.25, -0.2) is 0 Å². The molecule has 0 unspecified atom stereocenters. The quantitative estimate of drug-likeness (QED) is 0.303. The van der Waals surface area contributed by atoms with E-state index in [1.54, 1.807) is 18.2 Å². The number of carbonyl (C=O) groups is 2. The topological polar surface area (TPSA) is 76.7 Å². The van der Waals surface area contributed by atoms with Crippen molar-refractivity contribution in [1.29, 1.82) is 0 Å². The Kier molecular flexibility index (Phi) is 9.34. The van der Waals surface area contributed by atoms with Crippen LogP contribution in [0.15, 0.2) is 54.6 Å². The van der Waals surface area contributed by atoms with Gasteiger partial charge in [0, 0.05) is 5.69 Å². The summed E-state index contributed by atoms with van der Waals surface area (Å²) in [4.78, 5) is 24.9. The Labute approximate surface area is 237 Å².